The van der Waals surface area contributed by atoms with Gasteiger partial charge in [0.15, 0.2) is 23.0 Å². The van der Waals surface area contributed by atoms with Crippen LogP contribution in [-0.2, 0) is 6.42 Å². The van der Waals surface area contributed by atoms with E-state index in [4.69, 9.17) is 18.9 Å². The van der Waals surface area contributed by atoms with Gasteiger partial charge in [0.05, 0.1) is 34.0 Å². The number of rotatable bonds is 9. The van der Waals surface area contributed by atoms with Crippen molar-refractivity contribution in [2.75, 3.05) is 35.0 Å². The SMILES string of the molecule is C=Cc1ccc(OC)c(OC)c1C(=O)NCCc1ccc(OC)c(OC)c1. The van der Waals surface area contributed by atoms with Crippen molar-refractivity contribution in [2.24, 2.45) is 0 Å². The third kappa shape index (κ3) is 4.53. The average Bonchev–Trinajstić information content (AvgIpc) is 2.71. The monoisotopic (exact) mass is 371 g/mol. The molecular weight excluding hydrogens is 346 g/mol. The van der Waals surface area contributed by atoms with Crippen molar-refractivity contribution < 1.29 is 23.7 Å². The van der Waals surface area contributed by atoms with Crippen LogP contribution in [0, 0.1) is 0 Å². The van der Waals surface area contributed by atoms with Crippen LogP contribution in [0.5, 0.6) is 23.0 Å². The second kappa shape index (κ2) is 9.52. The van der Waals surface area contributed by atoms with Gasteiger partial charge in [-0.25, -0.2) is 0 Å². The van der Waals surface area contributed by atoms with Crippen molar-refractivity contribution in [3.63, 3.8) is 0 Å². The third-order valence-electron chi connectivity index (χ3n) is 4.17. The van der Waals surface area contributed by atoms with Crippen LogP contribution < -0.4 is 24.3 Å². The lowest BCUT2D eigenvalue weighted by molar-refractivity contribution is 0.0950. The molecule has 0 aliphatic heterocycles. The van der Waals surface area contributed by atoms with Gasteiger partial charge in [-0.1, -0.05) is 24.8 Å². The number of hydrogen-bond acceptors (Lipinski definition) is 5. The van der Waals surface area contributed by atoms with Gasteiger partial charge < -0.3 is 24.3 Å². The quantitative estimate of drug-likeness (QED) is 0.732. The van der Waals surface area contributed by atoms with E-state index in [0.29, 0.717) is 47.1 Å². The molecule has 0 spiro atoms. The van der Waals surface area contributed by atoms with Gasteiger partial charge in [0.1, 0.15) is 0 Å². The molecule has 144 valence electrons. The zero-order chi connectivity index (χ0) is 19.8. The highest BCUT2D eigenvalue weighted by Crippen LogP contribution is 2.34. The van der Waals surface area contributed by atoms with Gasteiger partial charge in [-0.05, 0) is 35.7 Å². The fourth-order valence-electron chi connectivity index (χ4n) is 2.79. The molecule has 27 heavy (non-hydrogen) atoms. The average molecular weight is 371 g/mol. The van der Waals surface area contributed by atoms with Crippen LogP contribution in [-0.4, -0.2) is 40.9 Å². The summed E-state index contributed by atoms with van der Waals surface area (Å²) in [4.78, 5) is 12.7. The minimum absolute atomic E-state index is 0.249. The van der Waals surface area contributed by atoms with Gasteiger partial charge >= 0.3 is 0 Å². The third-order valence-corrected chi connectivity index (χ3v) is 4.17. The molecule has 0 aliphatic rings. The smallest absolute Gasteiger partial charge is 0.255 e. The highest BCUT2D eigenvalue weighted by molar-refractivity contribution is 6.01. The van der Waals surface area contributed by atoms with E-state index in [0.717, 1.165) is 5.56 Å². The number of benzene rings is 2. The van der Waals surface area contributed by atoms with Gasteiger partial charge in [0, 0.05) is 6.54 Å². The number of nitrogens with one attached hydrogen (secondary N) is 1. The minimum Gasteiger partial charge on any atom is -0.493 e. The maximum atomic E-state index is 12.7. The van der Waals surface area contributed by atoms with Crippen LogP contribution >= 0.6 is 0 Å². The summed E-state index contributed by atoms with van der Waals surface area (Å²) in [5.74, 6) is 1.96. The summed E-state index contributed by atoms with van der Waals surface area (Å²) < 4.78 is 21.2. The molecule has 0 aromatic heterocycles. The molecule has 0 unspecified atom stereocenters. The highest BCUT2D eigenvalue weighted by atomic mass is 16.5. The topological polar surface area (TPSA) is 66.0 Å². The van der Waals surface area contributed by atoms with Gasteiger partial charge in [-0.15, -0.1) is 0 Å². The number of carbonyl (C=O) groups excluding carboxylic acids is 1. The van der Waals surface area contributed by atoms with E-state index < -0.39 is 0 Å². The van der Waals surface area contributed by atoms with E-state index in [1.54, 1.807) is 32.4 Å². The standard InChI is InChI=1S/C21H25NO5/c1-6-15-8-10-17(25-3)20(27-5)19(15)21(23)22-12-11-14-7-9-16(24-2)18(13-14)26-4/h6-10,13H,1,11-12H2,2-5H3,(H,22,23). The molecule has 0 fully saturated rings. The molecule has 0 saturated heterocycles. The summed E-state index contributed by atoms with van der Waals surface area (Å²) >= 11 is 0. The van der Waals surface area contributed by atoms with E-state index in [1.807, 2.05) is 18.2 Å². The van der Waals surface area contributed by atoms with Crippen LogP contribution in [0.4, 0.5) is 0 Å². The number of hydrogen-bond donors (Lipinski definition) is 1. The molecule has 2 rings (SSSR count). The first kappa shape index (κ1) is 20.2. The Kier molecular flexibility index (Phi) is 7.11. The second-order valence-corrected chi connectivity index (χ2v) is 5.66. The normalized spacial score (nSPS) is 10.1. The fourth-order valence-corrected chi connectivity index (χ4v) is 2.79. The number of methoxy groups -OCH3 is 4. The van der Waals surface area contributed by atoms with Gasteiger partial charge in [0.2, 0.25) is 0 Å². The Hall–Kier alpha value is -3.15. The Bertz CT molecular complexity index is 816. The predicted molar refractivity (Wildman–Crippen MR) is 105 cm³/mol. The van der Waals surface area contributed by atoms with E-state index in [-0.39, 0.29) is 5.91 Å². The second-order valence-electron chi connectivity index (χ2n) is 5.66. The molecule has 0 saturated carbocycles. The molecule has 1 N–H and O–H groups in total. The molecule has 0 radical (unpaired) electrons. The summed E-state index contributed by atoms with van der Waals surface area (Å²) in [5.41, 5.74) is 2.10. The summed E-state index contributed by atoms with van der Waals surface area (Å²) in [5, 5.41) is 2.92. The lowest BCUT2D eigenvalue weighted by Crippen LogP contribution is -2.27. The molecular formula is C21H25NO5. The van der Waals surface area contributed by atoms with Crippen LogP contribution in [0.1, 0.15) is 21.5 Å². The first-order valence-electron chi connectivity index (χ1n) is 8.46. The van der Waals surface area contributed by atoms with E-state index in [2.05, 4.69) is 11.9 Å². The first-order valence-corrected chi connectivity index (χ1v) is 8.46. The number of carbonyl (C=O) groups is 1. The van der Waals surface area contributed by atoms with Crippen LogP contribution in [0.2, 0.25) is 0 Å². The molecule has 2 aromatic carbocycles. The highest BCUT2D eigenvalue weighted by Gasteiger charge is 2.20. The fraction of sp³-hybridized carbons (Fsp3) is 0.286. The molecule has 0 bridgehead atoms. The summed E-state index contributed by atoms with van der Waals surface area (Å²) in [7, 11) is 6.22. The van der Waals surface area contributed by atoms with E-state index in [9.17, 15) is 4.79 Å². The van der Waals surface area contributed by atoms with Crippen molar-refractivity contribution >= 4 is 12.0 Å². The Morgan fingerprint density at radius 3 is 2.22 bits per heavy atom. The maximum Gasteiger partial charge on any atom is 0.255 e. The first-order chi connectivity index (χ1) is 13.1. The van der Waals surface area contributed by atoms with Crippen LogP contribution in [0.25, 0.3) is 6.08 Å². The zero-order valence-electron chi connectivity index (χ0n) is 16.1. The molecule has 0 atom stereocenters. The van der Waals surface area contributed by atoms with Crippen molar-refractivity contribution in [2.45, 2.75) is 6.42 Å². The van der Waals surface area contributed by atoms with Gasteiger partial charge in [-0.3, -0.25) is 4.79 Å². The van der Waals surface area contributed by atoms with Gasteiger partial charge in [0.25, 0.3) is 5.91 Å². The van der Waals surface area contributed by atoms with Crippen LogP contribution in [0.15, 0.2) is 36.9 Å². The molecule has 6 heteroatoms. The summed E-state index contributed by atoms with van der Waals surface area (Å²) in [6.07, 6.45) is 2.26. The summed E-state index contributed by atoms with van der Waals surface area (Å²) in [6, 6.07) is 9.20. The zero-order valence-corrected chi connectivity index (χ0v) is 16.1. The number of amides is 1. The number of ether oxygens (including phenoxy) is 4. The largest absolute Gasteiger partial charge is 0.493 e. The summed E-state index contributed by atoms with van der Waals surface area (Å²) in [6.45, 7) is 4.22. The van der Waals surface area contributed by atoms with Crippen molar-refractivity contribution in [1.29, 1.82) is 0 Å². The Labute approximate surface area is 159 Å². The predicted octanol–water partition coefficient (Wildman–Crippen LogP) is 3.34. The Morgan fingerprint density at radius 1 is 0.963 bits per heavy atom. The van der Waals surface area contributed by atoms with E-state index >= 15 is 0 Å². The Balaban J connectivity index is 2.13. The molecule has 1 amide bonds. The lowest BCUT2D eigenvalue weighted by atomic mass is 10.0. The molecule has 2 aromatic rings. The Morgan fingerprint density at radius 2 is 1.63 bits per heavy atom. The maximum absolute atomic E-state index is 12.7. The minimum atomic E-state index is -0.249. The molecule has 0 aliphatic carbocycles. The van der Waals surface area contributed by atoms with Crippen molar-refractivity contribution in [3.8, 4) is 23.0 Å². The van der Waals surface area contributed by atoms with Gasteiger partial charge in [-0.2, -0.15) is 0 Å². The van der Waals surface area contributed by atoms with Crippen LogP contribution in [0.3, 0.4) is 0 Å². The lowest BCUT2D eigenvalue weighted by Gasteiger charge is -2.15. The molecule has 0 heterocycles. The van der Waals surface area contributed by atoms with Crippen molar-refractivity contribution in [1.82, 2.24) is 5.32 Å². The van der Waals surface area contributed by atoms with E-state index in [1.165, 1.54) is 14.2 Å². The molecule has 6 nitrogen and oxygen atoms in total. The van der Waals surface area contributed by atoms with Crippen molar-refractivity contribution in [3.05, 3.63) is 53.6 Å².